The maximum Gasteiger partial charge on any atom is 0.189 e. The Kier molecular flexibility index (Phi) is 7.66. The third-order valence-corrected chi connectivity index (χ3v) is 1.98. The second-order valence-electron chi connectivity index (χ2n) is 4.91. The standard InChI is InChI=1S/C14H21N3.HI/c1-14(2,3)17-13(15)16-11-7-10-12-8-5-4-6-9-12;/h4-10H,11H2,1-3H3,(H3,15,16,17);1H. The van der Waals surface area contributed by atoms with E-state index in [1.54, 1.807) is 0 Å². The molecule has 0 amide bonds. The smallest absolute Gasteiger partial charge is 0.189 e. The van der Waals surface area contributed by atoms with Crippen LogP contribution in [0.15, 0.2) is 41.4 Å². The molecule has 0 aromatic heterocycles. The Bertz CT molecular complexity index is 391. The minimum Gasteiger partial charge on any atom is -0.370 e. The van der Waals surface area contributed by atoms with Gasteiger partial charge in [-0.3, -0.25) is 0 Å². The number of hydrogen-bond donors (Lipinski definition) is 2. The number of nitrogens with zero attached hydrogens (tertiary/aromatic N) is 1. The molecule has 0 bridgehead atoms. The van der Waals surface area contributed by atoms with E-state index in [0.717, 1.165) is 0 Å². The molecule has 0 spiro atoms. The first-order chi connectivity index (χ1) is 7.97. The average molecular weight is 359 g/mol. The minimum atomic E-state index is -0.0449. The van der Waals surface area contributed by atoms with Crippen molar-refractivity contribution in [2.45, 2.75) is 26.3 Å². The molecule has 0 heterocycles. The van der Waals surface area contributed by atoms with Crippen molar-refractivity contribution < 1.29 is 0 Å². The summed E-state index contributed by atoms with van der Waals surface area (Å²) in [5.41, 5.74) is 6.87. The number of guanidine groups is 1. The van der Waals surface area contributed by atoms with Crippen molar-refractivity contribution >= 4 is 36.0 Å². The highest BCUT2D eigenvalue weighted by Gasteiger charge is 2.08. The Hall–Kier alpha value is -1.04. The zero-order valence-electron chi connectivity index (χ0n) is 11.2. The molecule has 0 unspecified atom stereocenters. The SMILES string of the molecule is CC(C)(C)NC(N)=NCC=Cc1ccccc1.I. The monoisotopic (exact) mass is 359 g/mol. The van der Waals surface area contributed by atoms with Gasteiger partial charge in [0.1, 0.15) is 0 Å². The summed E-state index contributed by atoms with van der Waals surface area (Å²) in [6.07, 6.45) is 4.03. The van der Waals surface area contributed by atoms with E-state index < -0.39 is 0 Å². The highest BCUT2D eigenvalue weighted by atomic mass is 127. The molecular formula is C14H22IN3. The summed E-state index contributed by atoms with van der Waals surface area (Å²) in [5.74, 6) is 0.482. The van der Waals surface area contributed by atoms with Gasteiger partial charge in [0.25, 0.3) is 0 Å². The quantitative estimate of drug-likeness (QED) is 0.495. The van der Waals surface area contributed by atoms with Crippen molar-refractivity contribution in [3.05, 3.63) is 42.0 Å². The van der Waals surface area contributed by atoms with Gasteiger partial charge in [-0.05, 0) is 26.3 Å². The summed E-state index contributed by atoms with van der Waals surface area (Å²) in [6.45, 7) is 6.74. The minimum absolute atomic E-state index is 0. The van der Waals surface area contributed by atoms with Crippen LogP contribution in [-0.4, -0.2) is 18.0 Å². The van der Waals surface area contributed by atoms with Gasteiger partial charge < -0.3 is 11.1 Å². The summed E-state index contributed by atoms with van der Waals surface area (Å²) in [7, 11) is 0. The Labute approximate surface area is 127 Å². The van der Waals surface area contributed by atoms with E-state index in [2.05, 4.69) is 43.2 Å². The van der Waals surface area contributed by atoms with Crippen LogP contribution < -0.4 is 11.1 Å². The van der Waals surface area contributed by atoms with Crippen LogP contribution in [0.3, 0.4) is 0 Å². The van der Waals surface area contributed by atoms with E-state index in [0.29, 0.717) is 12.5 Å². The van der Waals surface area contributed by atoms with Crippen molar-refractivity contribution in [2.75, 3.05) is 6.54 Å². The topological polar surface area (TPSA) is 50.4 Å². The number of nitrogens with one attached hydrogen (secondary N) is 1. The predicted octanol–water partition coefficient (Wildman–Crippen LogP) is 3.02. The second-order valence-corrected chi connectivity index (χ2v) is 4.91. The first-order valence-electron chi connectivity index (χ1n) is 5.77. The van der Waals surface area contributed by atoms with Crippen molar-refractivity contribution in [1.82, 2.24) is 5.32 Å². The zero-order chi connectivity index (χ0) is 12.7. The van der Waals surface area contributed by atoms with Gasteiger partial charge >= 0.3 is 0 Å². The van der Waals surface area contributed by atoms with Crippen LogP contribution in [-0.2, 0) is 0 Å². The van der Waals surface area contributed by atoms with Gasteiger partial charge in [0.15, 0.2) is 5.96 Å². The van der Waals surface area contributed by atoms with Gasteiger partial charge in [-0.25, -0.2) is 4.99 Å². The molecule has 0 radical (unpaired) electrons. The number of nitrogens with two attached hydrogens (primary N) is 1. The van der Waals surface area contributed by atoms with Crippen LogP contribution in [0, 0.1) is 0 Å². The molecule has 1 aromatic carbocycles. The van der Waals surface area contributed by atoms with Crippen molar-refractivity contribution in [2.24, 2.45) is 10.7 Å². The van der Waals surface area contributed by atoms with Crippen LogP contribution in [0.1, 0.15) is 26.3 Å². The molecule has 0 fully saturated rings. The van der Waals surface area contributed by atoms with Gasteiger partial charge in [-0.15, -0.1) is 24.0 Å². The molecular weight excluding hydrogens is 337 g/mol. The first kappa shape index (κ1) is 17.0. The fourth-order valence-corrected chi connectivity index (χ4v) is 1.33. The molecule has 18 heavy (non-hydrogen) atoms. The van der Waals surface area contributed by atoms with Gasteiger partial charge in [0.05, 0.1) is 6.54 Å². The van der Waals surface area contributed by atoms with Crippen molar-refractivity contribution in [3.63, 3.8) is 0 Å². The zero-order valence-corrected chi connectivity index (χ0v) is 13.5. The maximum atomic E-state index is 5.74. The summed E-state index contributed by atoms with van der Waals surface area (Å²) in [6, 6.07) is 10.1. The molecule has 100 valence electrons. The third-order valence-electron chi connectivity index (χ3n) is 1.98. The van der Waals surface area contributed by atoms with Gasteiger partial charge in [0, 0.05) is 5.54 Å². The lowest BCUT2D eigenvalue weighted by Crippen LogP contribution is -2.45. The molecule has 0 aliphatic rings. The highest BCUT2D eigenvalue weighted by molar-refractivity contribution is 14.0. The molecule has 0 saturated carbocycles. The Morgan fingerprint density at radius 3 is 2.44 bits per heavy atom. The number of aliphatic imine (C=N–C) groups is 1. The van der Waals surface area contributed by atoms with Crippen LogP contribution in [0.25, 0.3) is 6.08 Å². The molecule has 0 saturated heterocycles. The molecule has 1 aromatic rings. The molecule has 1 rings (SSSR count). The van der Waals surface area contributed by atoms with Crippen LogP contribution >= 0.6 is 24.0 Å². The summed E-state index contributed by atoms with van der Waals surface area (Å²) < 4.78 is 0. The summed E-state index contributed by atoms with van der Waals surface area (Å²) in [4.78, 5) is 4.22. The Balaban J connectivity index is 0.00000289. The summed E-state index contributed by atoms with van der Waals surface area (Å²) >= 11 is 0. The predicted molar refractivity (Wildman–Crippen MR) is 90.3 cm³/mol. The largest absolute Gasteiger partial charge is 0.370 e. The van der Waals surface area contributed by atoms with Crippen molar-refractivity contribution in [1.29, 1.82) is 0 Å². The number of rotatable bonds is 3. The molecule has 3 N–H and O–H groups in total. The highest BCUT2D eigenvalue weighted by Crippen LogP contribution is 2.00. The van der Waals surface area contributed by atoms with E-state index in [9.17, 15) is 0 Å². The van der Waals surface area contributed by atoms with Crippen LogP contribution in [0.4, 0.5) is 0 Å². The van der Waals surface area contributed by atoms with E-state index >= 15 is 0 Å². The van der Waals surface area contributed by atoms with Crippen LogP contribution in [0.2, 0.25) is 0 Å². The maximum absolute atomic E-state index is 5.74. The Morgan fingerprint density at radius 2 is 1.89 bits per heavy atom. The summed E-state index contributed by atoms with van der Waals surface area (Å²) in [5, 5.41) is 3.11. The lowest BCUT2D eigenvalue weighted by Gasteiger charge is -2.20. The number of halogens is 1. The molecule has 0 aliphatic carbocycles. The van der Waals surface area contributed by atoms with E-state index in [4.69, 9.17) is 5.73 Å². The van der Waals surface area contributed by atoms with E-state index in [1.165, 1.54) is 5.56 Å². The molecule has 0 atom stereocenters. The van der Waals surface area contributed by atoms with Gasteiger partial charge in [0.2, 0.25) is 0 Å². The van der Waals surface area contributed by atoms with E-state index in [1.807, 2.05) is 30.4 Å². The van der Waals surface area contributed by atoms with Gasteiger partial charge in [-0.1, -0.05) is 42.5 Å². The molecule has 4 heteroatoms. The Morgan fingerprint density at radius 1 is 1.28 bits per heavy atom. The normalized spacial score (nSPS) is 12.3. The lowest BCUT2D eigenvalue weighted by atomic mass is 10.1. The fraction of sp³-hybridized carbons (Fsp3) is 0.357. The van der Waals surface area contributed by atoms with Crippen LogP contribution in [0.5, 0.6) is 0 Å². The second kappa shape index (κ2) is 8.13. The number of benzene rings is 1. The molecule has 0 aliphatic heterocycles. The van der Waals surface area contributed by atoms with Gasteiger partial charge in [-0.2, -0.15) is 0 Å². The first-order valence-corrected chi connectivity index (χ1v) is 5.77. The molecule has 3 nitrogen and oxygen atoms in total. The number of hydrogen-bond acceptors (Lipinski definition) is 1. The average Bonchev–Trinajstić information content (AvgIpc) is 2.23. The van der Waals surface area contributed by atoms with E-state index in [-0.39, 0.29) is 29.5 Å². The third kappa shape index (κ3) is 8.11. The fourth-order valence-electron chi connectivity index (χ4n) is 1.33. The van der Waals surface area contributed by atoms with Crippen molar-refractivity contribution in [3.8, 4) is 0 Å². The lowest BCUT2D eigenvalue weighted by molar-refractivity contribution is 0.508.